The molecule has 1 aromatic carbocycles. The van der Waals surface area contributed by atoms with Gasteiger partial charge in [-0.15, -0.1) is 6.58 Å². The summed E-state index contributed by atoms with van der Waals surface area (Å²) in [6, 6.07) is 8.14. The minimum absolute atomic E-state index is 0.0260. The molecule has 0 atom stereocenters. The van der Waals surface area contributed by atoms with E-state index in [4.69, 9.17) is 0 Å². The number of carbonyl (C=O) groups excluding carboxylic acids is 2. The molecule has 2 aliphatic rings. The van der Waals surface area contributed by atoms with Crippen molar-refractivity contribution in [2.24, 2.45) is 0 Å². The minimum Gasteiger partial charge on any atom is -0.352 e. The number of para-hydroxylation sites is 1. The van der Waals surface area contributed by atoms with Crippen LogP contribution >= 0.6 is 0 Å². The van der Waals surface area contributed by atoms with E-state index in [9.17, 15) is 9.59 Å². The highest BCUT2D eigenvalue weighted by molar-refractivity contribution is 5.96. The van der Waals surface area contributed by atoms with Crippen LogP contribution in [0.1, 0.15) is 5.56 Å². The fourth-order valence-corrected chi connectivity index (χ4v) is 3.42. The van der Waals surface area contributed by atoms with Gasteiger partial charge in [-0.1, -0.05) is 24.3 Å². The molecule has 25 heavy (non-hydrogen) atoms. The maximum Gasteiger partial charge on any atom is 0.241 e. The van der Waals surface area contributed by atoms with Crippen molar-refractivity contribution in [1.82, 2.24) is 15.1 Å². The fraction of sp³-hybridized carbons (Fsp3) is 0.474. The molecule has 0 aliphatic carbocycles. The summed E-state index contributed by atoms with van der Waals surface area (Å²) >= 11 is 0. The first kappa shape index (κ1) is 17.6. The van der Waals surface area contributed by atoms with Crippen molar-refractivity contribution in [3.05, 3.63) is 42.5 Å². The van der Waals surface area contributed by atoms with Gasteiger partial charge < -0.3 is 10.2 Å². The van der Waals surface area contributed by atoms with E-state index in [1.807, 2.05) is 23.1 Å². The summed E-state index contributed by atoms with van der Waals surface area (Å²) in [4.78, 5) is 30.6. The van der Waals surface area contributed by atoms with Crippen LogP contribution in [0.3, 0.4) is 0 Å². The lowest BCUT2D eigenvalue weighted by Gasteiger charge is -2.34. The van der Waals surface area contributed by atoms with Crippen LogP contribution in [0.2, 0.25) is 0 Å². The quantitative estimate of drug-likeness (QED) is 0.765. The number of hydrogen-bond donors (Lipinski definition) is 1. The van der Waals surface area contributed by atoms with Crippen LogP contribution in [0.4, 0.5) is 5.69 Å². The lowest BCUT2D eigenvalue weighted by molar-refractivity contribution is -0.123. The number of rotatable bonds is 6. The Kier molecular flexibility index (Phi) is 5.83. The van der Waals surface area contributed by atoms with Crippen molar-refractivity contribution >= 4 is 17.5 Å². The number of piperazine rings is 1. The summed E-state index contributed by atoms with van der Waals surface area (Å²) in [5.41, 5.74) is 2.32. The zero-order valence-electron chi connectivity index (χ0n) is 14.6. The topological polar surface area (TPSA) is 55.9 Å². The first-order chi connectivity index (χ1) is 12.2. The molecule has 1 N–H and O–H groups in total. The predicted octanol–water partition coefficient (Wildman–Crippen LogP) is 0.496. The Morgan fingerprint density at radius 3 is 2.44 bits per heavy atom. The molecule has 0 bridgehead atoms. The SMILES string of the molecule is C=CCNC(=O)CN1CCN(CC(=O)N2CCc3ccccc32)CC1. The van der Waals surface area contributed by atoms with E-state index in [0.29, 0.717) is 19.6 Å². The summed E-state index contributed by atoms with van der Waals surface area (Å²) in [5.74, 6) is 0.195. The summed E-state index contributed by atoms with van der Waals surface area (Å²) in [6.45, 7) is 8.99. The van der Waals surface area contributed by atoms with Gasteiger partial charge in [0, 0.05) is 45.0 Å². The predicted molar refractivity (Wildman–Crippen MR) is 98.6 cm³/mol. The van der Waals surface area contributed by atoms with Crippen LogP contribution in [0.5, 0.6) is 0 Å². The van der Waals surface area contributed by atoms with Crippen LogP contribution in [-0.4, -0.2) is 74.0 Å². The molecule has 0 spiro atoms. The number of fused-ring (bicyclic) bond motifs is 1. The first-order valence-electron chi connectivity index (χ1n) is 8.88. The van der Waals surface area contributed by atoms with Crippen molar-refractivity contribution in [1.29, 1.82) is 0 Å². The van der Waals surface area contributed by atoms with E-state index in [0.717, 1.165) is 44.8 Å². The van der Waals surface area contributed by atoms with E-state index >= 15 is 0 Å². The molecule has 0 unspecified atom stereocenters. The number of nitrogens with zero attached hydrogens (tertiary/aromatic N) is 3. The third kappa shape index (κ3) is 4.46. The Morgan fingerprint density at radius 2 is 1.72 bits per heavy atom. The summed E-state index contributed by atoms with van der Waals surface area (Å²) in [5, 5.41) is 2.80. The molecular formula is C19H26N4O2. The standard InChI is InChI=1S/C19H26N4O2/c1-2-8-20-18(24)14-21-10-12-22(13-11-21)15-19(25)23-9-7-16-5-3-4-6-17(16)23/h2-6H,1,7-15H2,(H,20,24). The van der Waals surface area contributed by atoms with E-state index < -0.39 is 0 Å². The molecule has 1 fully saturated rings. The fourth-order valence-electron chi connectivity index (χ4n) is 3.42. The molecule has 0 radical (unpaired) electrons. The average molecular weight is 342 g/mol. The first-order valence-corrected chi connectivity index (χ1v) is 8.88. The van der Waals surface area contributed by atoms with Crippen molar-refractivity contribution in [2.45, 2.75) is 6.42 Å². The third-order valence-corrected chi connectivity index (χ3v) is 4.82. The smallest absolute Gasteiger partial charge is 0.241 e. The zero-order chi connectivity index (χ0) is 17.6. The van der Waals surface area contributed by atoms with Gasteiger partial charge in [0.25, 0.3) is 0 Å². The normalized spacial score (nSPS) is 18.0. The third-order valence-electron chi connectivity index (χ3n) is 4.82. The van der Waals surface area contributed by atoms with Crippen LogP contribution < -0.4 is 10.2 Å². The lowest BCUT2D eigenvalue weighted by Crippen LogP contribution is -2.51. The molecule has 6 heteroatoms. The summed E-state index contributed by atoms with van der Waals surface area (Å²) < 4.78 is 0. The molecule has 2 heterocycles. The number of amides is 2. The molecule has 1 aromatic rings. The van der Waals surface area contributed by atoms with E-state index in [1.54, 1.807) is 6.08 Å². The van der Waals surface area contributed by atoms with Gasteiger partial charge >= 0.3 is 0 Å². The number of carbonyl (C=O) groups is 2. The van der Waals surface area contributed by atoms with Gasteiger partial charge in [0.2, 0.25) is 11.8 Å². The highest BCUT2D eigenvalue weighted by Gasteiger charge is 2.27. The second kappa shape index (κ2) is 8.27. The van der Waals surface area contributed by atoms with Gasteiger partial charge in [-0.2, -0.15) is 0 Å². The molecule has 3 rings (SSSR count). The maximum absolute atomic E-state index is 12.7. The van der Waals surface area contributed by atoms with Crippen LogP contribution in [0.25, 0.3) is 0 Å². The second-order valence-corrected chi connectivity index (χ2v) is 6.57. The monoisotopic (exact) mass is 342 g/mol. The van der Waals surface area contributed by atoms with E-state index in [1.165, 1.54) is 5.56 Å². The summed E-state index contributed by atoms with van der Waals surface area (Å²) in [6.07, 6.45) is 2.62. The lowest BCUT2D eigenvalue weighted by atomic mass is 10.2. The molecule has 2 amide bonds. The van der Waals surface area contributed by atoms with E-state index in [-0.39, 0.29) is 11.8 Å². The number of nitrogens with one attached hydrogen (secondary N) is 1. The van der Waals surface area contributed by atoms with Gasteiger partial charge in [0.15, 0.2) is 0 Å². The Hall–Kier alpha value is -2.18. The molecule has 6 nitrogen and oxygen atoms in total. The van der Waals surface area contributed by atoms with Crippen molar-refractivity contribution in [3.63, 3.8) is 0 Å². The molecule has 134 valence electrons. The second-order valence-electron chi connectivity index (χ2n) is 6.57. The zero-order valence-corrected chi connectivity index (χ0v) is 14.6. The van der Waals surface area contributed by atoms with Crippen LogP contribution in [0, 0.1) is 0 Å². The number of hydrogen-bond acceptors (Lipinski definition) is 4. The van der Waals surface area contributed by atoms with Crippen molar-refractivity contribution in [2.75, 3.05) is 57.3 Å². The highest BCUT2D eigenvalue weighted by atomic mass is 16.2. The maximum atomic E-state index is 12.7. The molecule has 2 aliphatic heterocycles. The van der Waals surface area contributed by atoms with Crippen molar-refractivity contribution in [3.8, 4) is 0 Å². The highest BCUT2D eigenvalue weighted by Crippen LogP contribution is 2.27. The van der Waals surface area contributed by atoms with Crippen molar-refractivity contribution < 1.29 is 9.59 Å². The van der Waals surface area contributed by atoms with Gasteiger partial charge in [0.1, 0.15) is 0 Å². The molecular weight excluding hydrogens is 316 g/mol. The molecule has 1 saturated heterocycles. The Bertz CT molecular complexity index is 638. The largest absolute Gasteiger partial charge is 0.352 e. The minimum atomic E-state index is 0.0260. The average Bonchev–Trinajstić information content (AvgIpc) is 3.06. The summed E-state index contributed by atoms with van der Waals surface area (Å²) in [7, 11) is 0. The molecule has 0 aromatic heterocycles. The van der Waals surface area contributed by atoms with Gasteiger partial charge in [-0.3, -0.25) is 19.4 Å². The van der Waals surface area contributed by atoms with Crippen LogP contribution in [-0.2, 0) is 16.0 Å². The Labute approximate surface area is 149 Å². The van der Waals surface area contributed by atoms with Gasteiger partial charge in [0.05, 0.1) is 13.1 Å². The Balaban J connectivity index is 1.44. The Morgan fingerprint density at radius 1 is 1.04 bits per heavy atom. The number of benzene rings is 1. The van der Waals surface area contributed by atoms with Crippen LogP contribution in [0.15, 0.2) is 36.9 Å². The van der Waals surface area contributed by atoms with E-state index in [2.05, 4.69) is 27.8 Å². The molecule has 0 saturated carbocycles. The van der Waals surface area contributed by atoms with Gasteiger partial charge in [-0.05, 0) is 18.1 Å². The number of anilines is 1. The van der Waals surface area contributed by atoms with Gasteiger partial charge in [-0.25, -0.2) is 0 Å².